The summed E-state index contributed by atoms with van der Waals surface area (Å²) in [4.78, 5) is 23.8. The van der Waals surface area contributed by atoms with Crippen molar-refractivity contribution in [3.63, 3.8) is 0 Å². The summed E-state index contributed by atoms with van der Waals surface area (Å²) >= 11 is 8.51. The van der Waals surface area contributed by atoms with Crippen LogP contribution in [-0.2, 0) is 24.5 Å². The fraction of sp³-hybridized carbons (Fsp3) is 0.333. The van der Waals surface area contributed by atoms with E-state index in [1.165, 1.54) is 22.3 Å². The second kappa shape index (κ2) is 15.3. The van der Waals surface area contributed by atoms with E-state index in [1.54, 1.807) is 0 Å². The van der Waals surface area contributed by atoms with Gasteiger partial charge in [-0.05, 0) is 70.5 Å². The normalized spacial score (nSPS) is 14.0. The highest BCUT2D eigenvalue weighted by Gasteiger charge is 2.46. The molecule has 0 bridgehead atoms. The number of ether oxygens (including phenoxy) is 4. The number of benzene rings is 4. The molecule has 0 N–H and O–H groups in total. The third-order valence-corrected chi connectivity index (χ3v) is 8.67. The molecule has 47 heavy (non-hydrogen) atoms. The van der Waals surface area contributed by atoms with Crippen molar-refractivity contribution in [1.82, 2.24) is 0 Å². The van der Waals surface area contributed by atoms with E-state index in [0.717, 1.165) is 33.8 Å². The maximum absolute atomic E-state index is 11.9. The van der Waals surface area contributed by atoms with Gasteiger partial charge in [-0.25, -0.2) is 0 Å². The van der Waals surface area contributed by atoms with Gasteiger partial charge in [0, 0.05) is 10.5 Å². The molecule has 8 heteroatoms. The topological polar surface area (TPSA) is 71.1 Å². The molecule has 0 radical (unpaired) electrons. The quantitative estimate of drug-likeness (QED) is 0.0711. The lowest BCUT2D eigenvalue weighted by Gasteiger charge is -2.34. The van der Waals surface area contributed by atoms with Crippen molar-refractivity contribution in [2.45, 2.75) is 56.5 Å². The minimum Gasteiger partial charge on any atom is -0.490 e. The van der Waals surface area contributed by atoms with Gasteiger partial charge in [0.15, 0.2) is 0 Å². The van der Waals surface area contributed by atoms with Crippen molar-refractivity contribution in [3.05, 3.63) is 118 Å². The Kier molecular flexibility index (Phi) is 11.3. The Labute approximate surface area is 288 Å². The summed E-state index contributed by atoms with van der Waals surface area (Å²) in [5, 5.41) is -0.0971. The lowest BCUT2D eigenvalue weighted by Crippen LogP contribution is -2.29. The summed E-state index contributed by atoms with van der Waals surface area (Å²) in [5.74, 6) is 0.925. The first-order valence-electron chi connectivity index (χ1n) is 16.0. The summed E-state index contributed by atoms with van der Waals surface area (Å²) < 4.78 is 22.7. The van der Waals surface area contributed by atoms with Gasteiger partial charge >= 0.3 is 11.9 Å². The smallest absolute Gasteiger partial charge is 0.307 e. The Balaban J connectivity index is 1.46. The third kappa shape index (κ3) is 7.65. The number of hydrogen-bond donors (Lipinski definition) is 2. The average molecular weight is 671 g/mol. The first kappa shape index (κ1) is 34.5. The molecule has 4 aromatic rings. The fourth-order valence-corrected chi connectivity index (χ4v) is 6.63. The SMILES string of the molecule is Cc1cc(C2(c3ccc(OCCOC(=O)CC(C)S)c(C)c3)c3ccccc3-c3ccccc32)ccc1OCCOC(=O)CC(C)S. The molecule has 0 amide bonds. The molecule has 0 aliphatic heterocycles. The Morgan fingerprint density at radius 3 is 1.40 bits per heavy atom. The van der Waals surface area contributed by atoms with Crippen LogP contribution in [0.3, 0.4) is 0 Å². The van der Waals surface area contributed by atoms with Crippen molar-refractivity contribution in [2.75, 3.05) is 26.4 Å². The van der Waals surface area contributed by atoms with Gasteiger partial charge < -0.3 is 18.9 Å². The van der Waals surface area contributed by atoms with Gasteiger partial charge in [-0.3, -0.25) is 9.59 Å². The minimum absolute atomic E-state index is 0.0486. The van der Waals surface area contributed by atoms with Crippen LogP contribution in [0.4, 0.5) is 0 Å². The zero-order valence-electron chi connectivity index (χ0n) is 27.3. The minimum atomic E-state index is -0.585. The van der Waals surface area contributed by atoms with Crippen LogP contribution in [0.5, 0.6) is 11.5 Å². The molecule has 4 aromatic carbocycles. The van der Waals surface area contributed by atoms with Gasteiger partial charge in [0.1, 0.15) is 37.9 Å². The highest BCUT2D eigenvalue weighted by atomic mass is 32.1. The second-order valence-corrected chi connectivity index (χ2v) is 13.8. The Morgan fingerprint density at radius 2 is 1.02 bits per heavy atom. The predicted octanol–water partition coefficient (Wildman–Crippen LogP) is 7.93. The van der Waals surface area contributed by atoms with Crippen LogP contribution in [0.1, 0.15) is 60.1 Å². The molecular weight excluding hydrogens is 629 g/mol. The zero-order valence-corrected chi connectivity index (χ0v) is 29.1. The number of thiol groups is 2. The number of carbonyl (C=O) groups is 2. The molecular formula is C39H42O6S2. The molecule has 246 valence electrons. The highest BCUT2D eigenvalue weighted by molar-refractivity contribution is 7.81. The number of esters is 2. The predicted molar refractivity (Wildman–Crippen MR) is 192 cm³/mol. The van der Waals surface area contributed by atoms with Crippen LogP contribution in [0, 0.1) is 13.8 Å². The standard InChI is InChI=1S/C39H42O6S2/c1-25-21-29(13-15-35(25)42-17-19-44-37(40)23-27(3)46)39(33-11-7-5-9-31(33)32-10-6-8-12-34(32)39)30-14-16-36(26(2)22-30)43-18-20-45-38(41)24-28(4)47/h5-16,21-22,27-28,46-47H,17-20,23-24H2,1-4H3. The zero-order chi connectivity index (χ0) is 33.6. The Bertz CT molecular complexity index is 1600. The molecule has 0 saturated carbocycles. The van der Waals surface area contributed by atoms with E-state index in [-0.39, 0.29) is 61.7 Å². The van der Waals surface area contributed by atoms with Crippen molar-refractivity contribution in [1.29, 1.82) is 0 Å². The van der Waals surface area contributed by atoms with E-state index in [4.69, 9.17) is 18.9 Å². The van der Waals surface area contributed by atoms with E-state index >= 15 is 0 Å². The Morgan fingerprint density at radius 1 is 0.617 bits per heavy atom. The van der Waals surface area contributed by atoms with Crippen LogP contribution in [0.15, 0.2) is 84.9 Å². The van der Waals surface area contributed by atoms with E-state index in [9.17, 15) is 9.59 Å². The van der Waals surface area contributed by atoms with Crippen LogP contribution < -0.4 is 9.47 Å². The van der Waals surface area contributed by atoms with Crippen LogP contribution in [0.2, 0.25) is 0 Å². The van der Waals surface area contributed by atoms with Crippen LogP contribution in [0.25, 0.3) is 11.1 Å². The van der Waals surface area contributed by atoms with E-state index in [1.807, 2.05) is 39.8 Å². The summed E-state index contributed by atoms with van der Waals surface area (Å²) in [7, 11) is 0. The molecule has 1 aliphatic carbocycles. The monoisotopic (exact) mass is 670 g/mol. The highest BCUT2D eigenvalue weighted by Crippen LogP contribution is 2.56. The van der Waals surface area contributed by atoms with Crippen molar-refractivity contribution < 1.29 is 28.5 Å². The van der Waals surface area contributed by atoms with Crippen LogP contribution >= 0.6 is 25.3 Å². The number of hydrogen-bond acceptors (Lipinski definition) is 8. The molecule has 5 rings (SSSR count). The molecule has 0 saturated heterocycles. The maximum Gasteiger partial charge on any atom is 0.307 e. The average Bonchev–Trinajstić information content (AvgIpc) is 3.33. The van der Waals surface area contributed by atoms with Gasteiger partial charge in [-0.1, -0.05) is 86.6 Å². The molecule has 1 aliphatic rings. The molecule has 0 spiro atoms. The van der Waals surface area contributed by atoms with Gasteiger partial charge in [0.2, 0.25) is 0 Å². The lowest BCUT2D eigenvalue weighted by atomic mass is 9.67. The van der Waals surface area contributed by atoms with Gasteiger partial charge in [0.05, 0.1) is 18.3 Å². The van der Waals surface area contributed by atoms with E-state index < -0.39 is 5.41 Å². The number of fused-ring (bicyclic) bond motifs is 3. The fourth-order valence-electron chi connectivity index (χ4n) is 6.33. The van der Waals surface area contributed by atoms with Crippen molar-refractivity contribution in [3.8, 4) is 22.6 Å². The molecule has 2 unspecified atom stereocenters. The van der Waals surface area contributed by atoms with Gasteiger partial charge in [0.25, 0.3) is 0 Å². The van der Waals surface area contributed by atoms with Crippen molar-refractivity contribution in [2.24, 2.45) is 0 Å². The third-order valence-electron chi connectivity index (χ3n) is 8.30. The molecule has 6 nitrogen and oxygen atoms in total. The van der Waals surface area contributed by atoms with Crippen molar-refractivity contribution >= 4 is 37.2 Å². The van der Waals surface area contributed by atoms with E-state index in [2.05, 4.69) is 98.1 Å². The number of carbonyl (C=O) groups excluding carboxylic acids is 2. The summed E-state index contributed by atoms with van der Waals surface area (Å²) in [6, 6.07) is 29.9. The summed E-state index contributed by atoms with van der Waals surface area (Å²) in [5.41, 5.74) is 8.44. The van der Waals surface area contributed by atoms with Gasteiger partial charge in [-0.2, -0.15) is 25.3 Å². The maximum atomic E-state index is 11.9. The lowest BCUT2D eigenvalue weighted by molar-refractivity contribution is -0.145. The second-order valence-electron chi connectivity index (χ2n) is 12.0. The molecule has 2 atom stereocenters. The first-order valence-corrected chi connectivity index (χ1v) is 17.0. The molecule has 0 fully saturated rings. The van der Waals surface area contributed by atoms with E-state index in [0.29, 0.717) is 0 Å². The first-order chi connectivity index (χ1) is 22.6. The number of aryl methyl sites for hydroxylation is 2. The van der Waals surface area contributed by atoms with Gasteiger partial charge in [-0.15, -0.1) is 0 Å². The summed E-state index contributed by atoms with van der Waals surface area (Å²) in [6.07, 6.45) is 0.528. The molecule has 0 heterocycles. The Hall–Kier alpha value is -3.88. The van der Waals surface area contributed by atoms with Crippen LogP contribution in [-0.4, -0.2) is 48.9 Å². The summed E-state index contributed by atoms with van der Waals surface area (Å²) in [6.45, 7) is 8.68. The number of rotatable bonds is 14. The molecule has 0 aromatic heterocycles. The largest absolute Gasteiger partial charge is 0.490 e.